The van der Waals surface area contributed by atoms with Crippen LogP contribution in [-0.2, 0) is 42.3 Å². The molecule has 0 aromatic heterocycles. The van der Waals surface area contributed by atoms with Crippen molar-refractivity contribution in [2.75, 3.05) is 26.2 Å². The Kier molecular flexibility index (Phi) is 18.8. The molecule has 3 fully saturated rings. The van der Waals surface area contributed by atoms with Crippen molar-refractivity contribution in [1.29, 1.82) is 0 Å². The van der Waals surface area contributed by atoms with E-state index in [1.54, 1.807) is 11.8 Å². The standard InChI is InChI=1S/C16H28BNO4.C13H22BNO3.C12H21BO2.C2H3ClO.ClH/c1-14(2,3)20-13(19)18-10-8-12(9-11-18)17-21-15(4,5)16(6,7)22-17;1-10(16)15-8-6-11(7-9-15)14-17-12(2,3)13(4,5)18-14;1-11(2)12(3,4)15-13(14-11)10-8-6-5-7-9-10;1-2(3)4;/h8H,9-11H2,1-7H3;6H,7-9H2,1-5H3;8H,5-7,9H2,1-4H3;1H3;1H. The molecule has 3 saturated heterocycles. The van der Waals surface area contributed by atoms with E-state index >= 15 is 0 Å². The van der Waals surface area contributed by atoms with E-state index in [1.807, 2.05) is 59.4 Å². The summed E-state index contributed by atoms with van der Waals surface area (Å²) in [5, 5.41) is -0.361. The Morgan fingerprint density at radius 2 is 0.900 bits per heavy atom. The van der Waals surface area contributed by atoms with Crippen LogP contribution in [0.25, 0.3) is 0 Å². The third kappa shape index (κ3) is 14.6. The quantitative estimate of drug-likeness (QED) is 0.200. The van der Waals surface area contributed by atoms with Gasteiger partial charge in [-0.1, -0.05) is 18.2 Å². The molecule has 1 aliphatic carbocycles. The van der Waals surface area contributed by atoms with E-state index < -0.39 is 5.60 Å². The number of carbonyl (C=O) groups excluding carboxylic acids is 3. The fraction of sp³-hybridized carbons (Fsp3) is 0.791. The lowest BCUT2D eigenvalue weighted by Crippen LogP contribution is -2.41. The largest absolute Gasteiger partial charge is 0.490 e. The lowest BCUT2D eigenvalue weighted by molar-refractivity contribution is -0.128. The van der Waals surface area contributed by atoms with E-state index in [0.29, 0.717) is 19.6 Å². The molecule has 0 bridgehead atoms. The summed E-state index contributed by atoms with van der Waals surface area (Å²) in [5.74, 6) is 0.124. The minimum Gasteiger partial charge on any atom is -0.444 e. The molecule has 0 spiro atoms. The Balaban J connectivity index is 0.000000298. The summed E-state index contributed by atoms with van der Waals surface area (Å²) in [4.78, 5) is 36.1. The van der Waals surface area contributed by atoms with E-state index in [4.69, 9.17) is 32.7 Å². The molecule has 6 aliphatic rings. The Labute approximate surface area is 374 Å². The van der Waals surface area contributed by atoms with Gasteiger partial charge in [0.1, 0.15) is 5.60 Å². The van der Waals surface area contributed by atoms with Crippen LogP contribution in [0.15, 0.2) is 34.6 Å². The van der Waals surface area contributed by atoms with Gasteiger partial charge in [-0.25, -0.2) is 4.79 Å². The van der Waals surface area contributed by atoms with Gasteiger partial charge in [0, 0.05) is 40.0 Å². The topological polar surface area (TPSA) is 122 Å². The predicted molar refractivity (Wildman–Crippen MR) is 244 cm³/mol. The first kappa shape index (κ1) is 54.3. The van der Waals surface area contributed by atoms with Gasteiger partial charge in [0.05, 0.1) is 33.6 Å². The molecule has 0 saturated carbocycles. The average molecular weight is 883 g/mol. The van der Waals surface area contributed by atoms with Crippen LogP contribution in [0.1, 0.15) is 156 Å². The Hall–Kier alpha value is -1.84. The van der Waals surface area contributed by atoms with E-state index in [-0.39, 0.29) is 84.6 Å². The zero-order chi connectivity index (χ0) is 45.0. The van der Waals surface area contributed by atoms with Gasteiger partial charge in [-0.15, -0.1) is 12.4 Å². The molecule has 0 radical (unpaired) electrons. The van der Waals surface area contributed by atoms with Crippen LogP contribution in [0.5, 0.6) is 0 Å². The highest BCUT2D eigenvalue weighted by molar-refractivity contribution is 6.62. The SMILES string of the molecule is CC(=O)Cl.CC(=O)N1CC=C(B2OC(C)(C)C(C)(C)O2)CC1.CC(C)(C)OC(=O)N1CC=C(B2OC(C)(C)C(C)(C)O2)CC1.CC1(C)OB(C2=CCCCC2)OC1(C)C.Cl. The Morgan fingerprint density at radius 3 is 1.15 bits per heavy atom. The van der Waals surface area contributed by atoms with Gasteiger partial charge in [-0.05, 0) is 170 Å². The number of hydrogen-bond acceptors (Lipinski definition) is 10. The molecule has 2 amide bonds. The number of carbonyl (C=O) groups is 3. The summed E-state index contributed by atoms with van der Waals surface area (Å²) in [7, 11) is -0.676. The summed E-state index contributed by atoms with van der Waals surface area (Å²) in [5.41, 5.74) is 1.50. The van der Waals surface area contributed by atoms with Crippen molar-refractivity contribution in [3.8, 4) is 0 Å². The molecular formula is C43H75B3Cl2N2O10. The van der Waals surface area contributed by atoms with Crippen LogP contribution in [0.3, 0.4) is 0 Å². The molecule has 0 N–H and O–H groups in total. The highest BCUT2D eigenvalue weighted by Gasteiger charge is 2.54. The van der Waals surface area contributed by atoms with Crippen LogP contribution in [0.4, 0.5) is 4.79 Å². The number of nitrogens with zero attached hydrogens (tertiary/aromatic N) is 2. The smallest absolute Gasteiger partial charge is 0.444 e. The molecule has 60 heavy (non-hydrogen) atoms. The molecule has 0 unspecified atom stereocenters. The predicted octanol–water partition coefficient (Wildman–Crippen LogP) is 9.29. The van der Waals surface area contributed by atoms with Crippen LogP contribution in [0.2, 0.25) is 0 Å². The molecule has 0 aromatic rings. The fourth-order valence-corrected chi connectivity index (χ4v) is 6.64. The lowest BCUT2D eigenvalue weighted by atomic mass is 9.73. The van der Waals surface area contributed by atoms with Crippen LogP contribution in [0, 0.1) is 0 Å². The van der Waals surface area contributed by atoms with E-state index in [1.165, 1.54) is 31.7 Å². The highest BCUT2D eigenvalue weighted by Crippen LogP contribution is 2.42. The van der Waals surface area contributed by atoms with Crippen molar-refractivity contribution in [2.24, 2.45) is 0 Å². The second kappa shape index (κ2) is 20.8. The van der Waals surface area contributed by atoms with Crippen LogP contribution in [-0.4, -0.2) is 114 Å². The Morgan fingerprint density at radius 1 is 0.583 bits per heavy atom. The molecule has 17 heteroatoms. The maximum Gasteiger partial charge on any atom is 0.490 e. The minimum absolute atomic E-state index is 0. The van der Waals surface area contributed by atoms with Crippen LogP contribution >= 0.6 is 24.0 Å². The lowest BCUT2D eigenvalue weighted by Gasteiger charge is -2.32. The van der Waals surface area contributed by atoms with Crippen molar-refractivity contribution < 1.29 is 47.0 Å². The molecule has 0 aromatic carbocycles. The number of ether oxygens (including phenoxy) is 1. The summed E-state index contributed by atoms with van der Waals surface area (Å²) in [6.07, 6.45) is 12.6. The molecule has 6 rings (SSSR count). The highest BCUT2D eigenvalue weighted by atomic mass is 35.5. The van der Waals surface area contributed by atoms with Gasteiger partial charge in [-0.2, -0.15) is 0 Å². The van der Waals surface area contributed by atoms with Crippen molar-refractivity contribution in [1.82, 2.24) is 9.80 Å². The summed E-state index contributed by atoms with van der Waals surface area (Å²) in [6.45, 7) is 35.9. The molecule has 12 nitrogen and oxygen atoms in total. The van der Waals surface area contributed by atoms with Crippen molar-refractivity contribution in [3.05, 3.63) is 34.6 Å². The number of halogens is 2. The van der Waals surface area contributed by atoms with Crippen LogP contribution < -0.4 is 0 Å². The zero-order valence-corrected chi connectivity index (χ0v) is 41.4. The fourth-order valence-electron chi connectivity index (χ4n) is 6.64. The molecule has 5 heterocycles. The van der Waals surface area contributed by atoms with Gasteiger partial charge in [0.2, 0.25) is 11.1 Å². The monoisotopic (exact) mass is 883 g/mol. The summed E-state index contributed by atoms with van der Waals surface area (Å²) in [6, 6.07) is 0. The molecule has 0 atom stereocenters. The first-order valence-electron chi connectivity index (χ1n) is 21.3. The third-order valence-electron chi connectivity index (χ3n) is 12.6. The van der Waals surface area contributed by atoms with Crippen molar-refractivity contribution in [2.45, 2.75) is 195 Å². The van der Waals surface area contributed by atoms with Gasteiger partial charge < -0.3 is 42.5 Å². The number of amides is 2. The maximum absolute atomic E-state index is 12.1. The molecular weight excluding hydrogens is 808 g/mol. The Bertz CT molecular complexity index is 1550. The van der Waals surface area contributed by atoms with E-state index in [9.17, 15) is 14.4 Å². The molecule has 340 valence electrons. The number of rotatable bonds is 3. The maximum atomic E-state index is 12.1. The second-order valence-corrected chi connectivity index (χ2v) is 20.7. The first-order chi connectivity index (χ1) is 26.8. The summed E-state index contributed by atoms with van der Waals surface area (Å²) < 4.78 is 41.5. The van der Waals surface area contributed by atoms with Gasteiger partial charge in [0.25, 0.3) is 0 Å². The van der Waals surface area contributed by atoms with Gasteiger partial charge in [0.15, 0.2) is 0 Å². The van der Waals surface area contributed by atoms with Gasteiger partial charge in [-0.3, -0.25) is 9.59 Å². The first-order valence-corrected chi connectivity index (χ1v) is 21.7. The third-order valence-corrected chi connectivity index (χ3v) is 12.6. The summed E-state index contributed by atoms with van der Waals surface area (Å²) >= 11 is 4.64. The van der Waals surface area contributed by atoms with Crippen molar-refractivity contribution in [3.63, 3.8) is 0 Å². The van der Waals surface area contributed by atoms with Gasteiger partial charge >= 0.3 is 27.4 Å². The average Bonchev–Trinajstić information content (AvgIpc) is 3.57. The van der Waals surface area contributed by atoms with E-state index in [0.717, 1.165) is 36.8 Å². The normalized spacial score (nSPS) is 24.4. The minimum atomic E-state index is -0.465. The number of allylic oxidation sites excluding steroid dienone is 2. The zero-order valence-electron chi connectivity index (χ0n) is 39.8. The molecule has 5 aliphatic heterocycles. The van der Waals surface area contributed by atoms with Crippen molar-refractivity contribution >= 4 is 62.6 Å². The second-order valence-electron chi connectivity index (χ2n) is 20.2. The number of hydrogen-bond donors (Lipinski definition) is 0. The van der Waals surface area contributed by atoms with E-state index in [2.05, 4.69) is 79.1 Å².